The van der Waals surface area contributed by atoms with E-state index in [0.29, 0.717) is 34.3 Å². The molecule has 0 saturated heterocycles. The van der Waals surface area contributed by atoms with E-state index < -0.39 is 7.26 Å². The lowest BCUT2D eigenvalue weighted by atomic mass is 10.00. The molecule has 1 aromatic heterocycles. The second-order valence-corrected chi connectivity index (χ2v) is 15.5. The third-order valence-electron chi connectivity index (χ3n) is 7.76. The number of aromatic nitrogens is 1. The van der Waals surface area contributed by atoms with Crippen molar-refractivity contribution in [1.82, 2.24) is 4.98 Å². The zero-order chi connectivity index (χ0) is 31.2. The highest BCUT2D eigenvalue weighted by Crippen LogP contribution is 2.52. The molecule has 0 aliphatic heterocycles. The van der Waals surface area contributed by atoms with Crippen LogP contribution in [0.2, 0.25) is 0 Å². The van der Waals surface area contributed by atoms with E-state index in [2.05, 4.69) is 71.6 Å². The molecule has 1 amide bonds. The number of ketones is 1. The number of nitrogens with zero attached hydrogens (tertiary/aromatic N) is 1. The monoisotopic (exact) mass is 728 g/mol. The van der Waals surface area contributed by atoms with Gasteiger partial charge in [0.05, 0.1) is 22.4 Å². The topological polar surface area (TPSA) is 68.3 Å². The fourth-order valence-corrected chi connectivity index (χ4v) is 9.99. The van der Waals surface area contributed by atoms with Crippen LogP contribution in [0.5, 0.6) is 5.75 Å². The summed E-state index contributed by atoms with van der Waals surface area (Å²) in [5.41, 5.74) is 2.81. The average molecular weight is 730 g/mol. The number of para-hydroxylation sites is 1. The Bertz CT molecular complexity index is 1900. The number of rotatable bonds is 11. The average Bonchev–Trinajstić information content (AvgIpc) is 3.50. The molecule has 6 aromatic rings. The number of alkyl halides is 1. The molecule has 0 spiro atoms. The Balaban J connectivity index is 0.00000417. The summed E-state index contributed by atoms with van der Waals surface area (Å²) in [6.07, 6.45) is 0.484. The van der Waals surface area contributed by atoms with E-state index in [4.69, 9.17) is 16.3 Å². The Hall–Kier alpha value is -3.87. The van der Waals surface area contributed by atoms with E-state index in [-0.39, 0.29) is 35.3 Å². The van der Waals surface area contributed by atoms with Crippen molar-refractivity contribution in [2.24, 2.45) is 0 Å². The van der Waals surface area contributed by atoms with Crippen molar-refractivity contribution in [3.63, 3.8) is 0 Å². The minimum atomic E-state index is -2.15. The van der Waals surface area contributed by atoms with Crippen molar-refractivity contribution in [3.05, 3.63) is 144 Å². The molecule has 46 heavy (non-hydrogen) atoms. The molecular formula is C37H31BrClN2O3PS. The normalized spacial score (nSPS) is 11.1. The zero-order valence-electron chi connectivity index (χ0n) is 25.0. The lowest BCUT2D eigenvalue weighted by molar-refractivity contribution is -0.118. The van der Waals surface area contributed by atoms with Gasteiger partial charge in [-0.1, -0.05) is 72.0 Å². The van der Waals surface area contributed by atoms with Gasteiger partial charge in [0.1, 0.15) is 28.9 Å². The molecule has 1 heterocycles. The number of fused-ring (bicyclic) bond motifs is 1. The summed E-state index contributed by atoms with van der Waals surface area (Å²) >= 11 is 7.57. The predicted octanol–water partition coefficient (Wildman–Crippen LogP) is 4.25. The van der Waals surface area contributed by atoms with Crippen LogP contribution in [-0.4, -0.2) is 35.8 Å². The Morgan fingerprint density at radius 3 is 2.13 bits per heavy atom. The van der Waals surface area contributed by atoms with Gasteiger partial charge in [0, 0.05) is 11.4 Å². The summed E-state index contributed by atoms with van der Waals surface area (Å²) in [7, 11) is -2.15. The molecule has 0 radical (unpaired) electrons. The Morgan fingerprint density at radius 1 is 0.826 bits per heavy atom. The highest BCUT2D eigenvalue weighted by Gasteiger charge is 2.42. The molecule has 0 fully saturated rings. The number of carbonyl (C=O) groups is 2. The molecule has 0 atom stereocenters. The van der Waals surface area contributed by atoms with E-state index >= 15 is 0 Å². The summed E-state index contributed by atoms with van der Waals surface area (Å²) in [5.74, 6) is 0.476. The van der Waals surface area contributed by atoms with Crippen molar-refractivity contribution in [2.45, 2.75) is 6.42 Å². The molecule has 0 bridgehead atoms. The quantitative estimate of drug-likeness (QED) is 0.123. The van der Waals surface area contributed by atoms with Gasteiger partial charge in [0.2, 0.25) is 0 Å². The number of hydrogen-bond donors (Lipinski definition) is 1. The highest BCUT2D eigenvalue weighted by molar-refractivity contribution is 7.95. The molecule has 0 unspecified atom stereocenters. The number of hydrogen-bond acceptors (Lipinski definition) is 5. The number of carbonyl (C=O) groups excluding carboxylic acids is 2. The Morgan fingerprint density at radius 2 is 1.46 bits per heavy atom. The maximum Gasteiger partial charge on any atom is 0.264 e. The van der Waals surface area contributed by atoms with E-state index in [9.17, 15) is 9.59 Å². The van der Waals surface area contributed by atoms with Crippen LogP contribution in [0.15, 0.2) is 127 Å². The number of aryl methyl sites for hydroxylation is 1. The first-order chi connectivity index (χ1) is 22.0. The summed E-state index contributed by atoms with van der Waals surface area (Å²) in [5, 5.41) is 6.77. The third-order valence-corrected chi connectivity index (χ3v) is 12.9. The van der Waals surface area contributed by atoms with Gasteiger partial charge < -0.3 is 21.7 Å². The molecule has 1 N–H and O–H groups in total. The lowest BCUT2D eigenvalue weighted by Gasteiger charge is -2.25. The number of amides is 1. The highest BCUT2D eigenvalue weighted by atomic mass is 79.9. The van der Waals surface area contributed by atoms with Gasteiger partial charge >= 0.3 is 0 Å². The van der Waals surface area contributed by atoms with Crippen LogP contribution in [0.4, 0.5) is 5.13 Å². The maximum atomic E-state index is 14.3. The van der Waals surface area contributed by atoms with Crippen LogP contribution in [0, 0.1) is 0 Å². The van der Waals surface area contributed by atoms with Gasteiger partial charge in [0.25, 0.3) is 5.91 Å². The Kier molecular flexibility index (Phi) is 11.0. The summed E-state index contributed by atoms with van der Waals surface area (Å²) in [6.45, 7) is 2.08. The smallest absolute Gasteiger partial charge is 0.264 e. The molecular weight excluding hydrogens is 699 g/mol. The second kappa shape index (κ2) is 15.1. The van der Waals surface area contributed by atoms with E-state index in [0.717, 1.165) is 21.1 Å². The van der Waals surface area contributed by atoms with Crippen LogP contribution in [0.25, 0.3) is 10.2 Å². The second-order valence-electron chi connectivity index (χ2n) is 10.6. The number of benzene rings is 5. The minimum absolute atomic E-state index is 0. The molecule has 232 valence electrons. The van der Waals surface area contributed by atoms with E-state index in [1.807, 2.05) is 60.7 Å². The fourth-order valence-electron chi connectivity index (χ4n) is 5.47. The molecule has 9 heteroatoms. The molecule has 0 aliphatic rings. The van der Waals surface area contributed by atoms with E-state index in [1.165, 1.54) is 21.9 Å². The number of anilines is 1. The van der Waals surface area contributed by atoms with Crippen LogP contribution in [-0.2, 0) is 11.2 Å². The molecule has 5 aromatic carbocycles. The SMILES string of the molecule is C[P+](c1ccccc1)(c1ccccc1)c1ccccc1C(=O)c1ccc(OCC(=O)Nc2nc3ccccc3s2)c(CCCl)c1.[Br-]. The number of nitrogens with one attached hydrogen (secondary N) is 1. The number of halogens is 2. The molecule has 0 saturated carbocycles. The standard InChI is InChI=1S/C37H30ClN2O3PS.BrH/c1-44(28-12-4-2-5-13-28,29-14-6-3-7-15-29)33-18-10-8-16-30(33)36(42)27-20-21-32(26(24-27)22-23-38)43-25-35(41)40-37-39-31-17-9-11-19-34(31)45-37;/h2-21,24H,22-23,25H2,1H3;1H. The predicted molar refractivity (Wildman–Crippen MR) is 189 cm³/mol. The van der Waals surface area contributed by atoms with E-state index in [1.54, 1.807) is 12.1 Å². The van der Waals surface area contributed by atoms with Crippen LogP contribution < -0.4 is 42.9 Å². The van der Waals surface area contributed by atoms with Crippen LogP contribution in [0.1, 0.15) is 21.5 Å². The minimum Gasteiger partial charge on any atom is -1.00 e. The van der Waals surface area contributed by atoms with Gasteiger partial charge in [-0.25, -0.2) is 4.98 Å². The summed E-state index contributed by atoms with van der Waals surface area (Å²) < 4.78 is 6.93. The van der Waals surface area contributed by atoms with Crippen molar-refractivity contribution in [2.75, 3.05) is 24.5 Å². The van der Waals surface area contributed by atoms with Crippen molar-refractivity contribution >= 4 is 73.2 Å². The van der Waals surface area contributed by atoms with Gasteiger partial charge in [-0.2, -0.15) is 0 Å². The number of ether oxygens (including phenoxy) is 1. The molecule has 5 nitrogen and oxygen atoms in total. The zero-order valence-corrected chi connectivity index (χ0v) is 29.1. The van der Waals surface area contributed by atoms with Gasteiger partial charge in [-0.05, 0) is 78.7 Å². The molecule has 0 aliphatic carbocycles. The van der Waals surface area contributed by atoms with Crippen molar-refractivity contribution in [1.29, 1.82) is 0 Å². The lowest BCUT2D eigenvalue weighted by Crippen LogP contribution is -3.00. The molecule has 6 rings (SSSR count). The first-order valence-electron chi connectivity index (χ1n) is 14.6. The number of thiazole rings is 1. The van der Waals surface area contributed by atoms with Crippen LogP contribution in [0.3, 0.4) is 0 Å². The fraction of sp³-hybridized carbons (Fsp3) is 0.108. The largest absolute Gasteiger partial charge is 1.00 e. The first kappa shape index (κ1) is 33.5. The Labute approximate surface area is 288 Å². The van der Waals surface area contributed by atoms with Crippen molar-refractivity contribution in [3.8, 4) is 5.75 Å². The maximum absolute atomic E-state index is 14.3. The third kappa shape index (κ3) is 7.08. The summed E-state index contributed by atoms with van der Waals surface area (Å²) in [4.78, 5) is 31.4. The first-order valence-corrected chi connectivity index (χ1v) is 18.2. The van der Waals surface area contributed by atoms with Gasteiger partial charge in [-0.15, -0.1) is 11.6 Å². The summed E-state index contributed by atoms with van der Waals surface area (Å²) in [6, 6.07) is 41.8. The van der Waals surface area contributed by atoms with Crippen molar-refractivity contribution < 1.29 is 31.3 Å². The van der Waals surface area contributed by atoms with Gasteiger partial charge in [0.15, 0.2) is 17.5 Å². The van der Waals surface area contributed by atoms with Gasteiger partial charge in [-0.3, -0.25) is 14.9 Å². The van der Waals surface area contributed by atoms with Crippen LogP contribution >= 0.6 is 30.2 Å².